The minimum Gasteiger partial charge on any atom is -0.501 e. The lowest BCUT2D eigenvalue weighted by Crippen LogP contribution is -2.33. The SMILES string of the molecule is C[C@H]1C[C@@H](c2nc(C(=O)NCc3ccc(F)cc3)c(O)c(=O)n2C)N(C)C1.O=C(O)C(F)(F)F. The topological polar surface area (TPSA) is 125 Å². The quantitative estimate of drug-likeness (QED) is 0.564. The van der Waals surface area contributed by atoms with E-state index in [1.165, 1.54) is 16.7 Å². The molecule has 1 saturated heterocycles. The molecule has 34 heavy (non-hydrogen) atoms. The predicted octanol–water partition coefficient (Wildman–Crippen LogP) is 2.20. The summed E-state index contributed by atoms with van der Waals surface area (Å²) in [5.41, 5.74) is -0.249. The highest BCUT2D eigenvalue weighted by Gasteiger charge is 2.38. The number of halogens is 4. The van der Waals surface area contributed by atoms with Gasteiger partial charge in [-0.2, -0.15) is 13.2 Å². The number of hydrogen-bond donors (Lipinski definition) is 3. The van der Waals surface area contributed by atoms with Gasteiger partial charge in [-0.1, -0.05) is 19.1 Å². The van der Waals surface area contributed by atoms with Gasteiger partial charge in [0.15, 0.2) is 5.69 Å². The van der Waals surface area contributed by atoms with Gasteiger partial charge in [-0.05, 0) is 37.1 Å². The third-order valence-corrected chi connectivity index (χ3v) is 5.18. The highest BCUT2D eigenvalue weighted by molar-refractivity contribution is 5.94. The van der Waals surface area contributed by atoms with Crippen molar-refractivity contribution in [1.29, 1.82) is 0 Å². The number of nitrogens with zero attached hydrogens (tertiary/aromatic N) is 3. The zero-order valence-electron chi connectivity index (χ0n) is 18.6. The number of likely N-dealkylation sites (tertiary alicyclic amines) is 1. The minimum atomic E-state index is -5.08. The summed E-state index contributed by atoms with van der Waals surface area (Å²) in [6.07, 6.45) is -4.27. The second kappa shape index (κ2) is 10.6. The lowest BCUT2D eigenvalue weighted by Gasteiger charge is -2.21. The molecule has 1 amide bonds. The van der Waals surface area contributed by atoms with Crippen LogP contribution in [-0.2, 0) is 18.4 Å². The van der Waals surface area contributed by atoms with Gasteiger partial charge in [-0.3, -0.25) is 19.1 Å². The standard InChI is InChI=1S/C19H23FN4O3.C2HF3O2/c1-11-8-14(23(2)10-11)17-22-15(16(25)19(27)24(17)3)18(26)21-9-12-4-6-13(20)7-5-12;3-2(4,5)1(6)7/h4-7,11,14,25H,8-10H2,1-3H3,(H,21,26);(H,6,7)/t11-,14-;/m0./s1. The largest absolute Gasteiger partial charge is 0.501 e. The van der Waals surface area contributed by atoms with Crippen molar-refractivity contribution < 1.29 is 37.4 Å². The Morgan fingerprint density at radius 1 is 1.21 bits per heavy atom. The Morgan fingerprint density at radius 2 is 1.76 bits per heavy atom. The van der Waals surface area contributed by atoms with E-state index in [9.17, 15) is 32.3 Å². The number of amides is 1. The lowest BCUT2D eigenvalue weighted by atomic mass is 10.1. The highest BCUT2D eigenvalue weighted by atomic mass is 19.4. The van der Waals surface area contributed by atoms with E-state index in [-0.39, 0.29) is 24.1 Å². The van der Waals surface area contributed by atoms with Crippen molar-refractivity contribution in [2.45, 2.75) is 32.1 Å². The Hall–Kier alpha value is -3.48. The zero-order valence-corrected chi connectivity index (χ0v) is 18.6. The maximum absolute atomic E-state index is 13.0. The van der Waals surface area contributed by atoms with Gasteiger partial charge in [0.25, 0.3) is 11.5 Å². The first-order chi connectivity index (χ1) is 15.7. The lowest BCUT2D eigenvalue weighted by molar-refractivity contribution is -0.192. The maximum atomic E-state index is 13.0. The van der Waals surface area contributed by atoms with Gasteiger partial charge in [-0.15, -0.1) is 0 Å². The number of alkyl halides is 3. The van der Waals surface area contributed by atoms with E-state index in [0.717, 1.165) is 13.0 Å². The first-order valence-corrected chi connectivity index (χ1v) is 10.0. The van der Waals surface area contributed by atoms with E-state index >= 15 is 0 Å². The summed E-state index contributed by atoms with van der Waals surface area (Å²) in [7, 11) is 3.49. The molecule has 2 heterocycles. The molecule has 2 atom stereocenters. The van der Waals surface area contributed by atoms with Gasteiger partial charge in [0.2, 0.25) is 5.75 Å². The number of hydrogen-bond acceptors (Lipinski definition) is 6. The van der Waals surface area contributed by atoms with Crippen molar-refractivity contribution >= 4 is 11.9 Å². The van der Waals surface area contributed by atoms with E-state index in [1.54, 1.807) is 19.2 Å². The number of carbonyl (C=O) groups excluding carboxylic acids is 1. The summed E-state index contributed by atoms with van der Waals surface area (Å²) in [6.45, 7) is 3.12. The fourth-order valence-electron chi connectivity index (χ4n) is 3.49. The van der Waals surface area contributed by atoms with Crippen molar-refractivity contribution in [1.82, 2.24) is 19.8 Å². The molecule has 1 aromatic heterocycles. The highest BCUT2D eigenvalue weighted by Crippen LogP contribution is 2.32. The molecule has 0 spiro atoms. The average molecular weight is 488 g/mol. The average Bonchev–Trinajstić information content (AvgIpc) is 3.09. The summed E-state index contributed by atoms with van der Waals surface area (Å²) >= 11 is 0. The van der Waals surface area contributed by atoms with Crippen molar-refractivity contribution in [3.8, 4) is 5.75 Å². The predicted molar refractivity (Wildman–Crippen MR) is 112 cm³/mol. The normalized spacial score (nSPS) is 18.2. The van der Waals surface area contributed by atoms with E-state index in [0.29, 0.717) is 17.3 Å². The molecule has 186 valence electrons. The van der Waals surface area contributed by atoms with Crippen LogP contribution in [0.25, 0.3) is 0 Å². The molecule has 1 aliphatic rings. The van der Waals surface area contributed by atoms with Crippen LogP contribution in [0.1, 0.15) is 41.3 Å². The van der Waals surface area contributed by atoms with Crippen LogP contribution in [0.3, 0.4) is 0 Å². The third kappa shape index (κ3) is 6.53. The van der Waals surface area contributed by atoms with Crippen molar-refractivity contribution in [2.24, 2.45) is 13.0 Å². The number of aliphatic carboxylic acids is 1. The Morgan fingerprint density at radius 3 is 2.24 bits per heavy atom. The number of aromatic nitrogens is 2. The van der Waals surface area contributed by atoms with Gasteiger partial charge in [0, 0.05) is 20.1 Å². The minimum absolute atomic E-state index is 0.0954. The molecular weight excluding hydrogens is 464 g/mol. The first kappa shape index (κ1) is 26.8. The van der Waals surface area contributed by atoms with Crippen molar-refractivity contribution in [2.75, 3.05) is 13.6 Å². The molecule has 0 aliphatic carbocycles. The van der Waals surface area contributed by atoms with Gasteiger partial charge in [0.1, 0.15) is 11.6 Å². The van der Waals surface area contributed by atoms with Crippen LogP contribution in [-0.4, -0.2) is 56.3 Å². The summed E-state index contributed by atoms with van der Waals surface area (Å²) < 4.78 is 46.0. The molecule has 0 unspecified atom stereocenters. The molecule has 13 heteroatoms. The second-order valence-corrected chi connectivity index (χ2v) is 7.94. The van der Waals surface area contributed by atoms with Crippen molar-refractivity contribution in [3.05, 3.63) is 57.5 Å². The Bertz CT molecular complexity index is 1100. The second-order valence-electron chi connectivity index (χ2n) is 7.94. The van der Waals surface area contributed by atoms with Gasteiger partial charge < -0.3 is 15.5 Å². The van der Waals surface area contributed by atoms with E-state index in [2.05, 4.69) is 22.1 Å². The van der Waals surface area contributed by atoms with E-state index in [4.69, 9.17) is 9.90 Å². The van der Waals surface area contributed by atoms with Crippen LogP contribution in [0.5, 0.6) is 5.75 Å². The van der Waals surface area contributed by atoms with Crippen LogP contribution < -0.4 is 10.9 Å². The molecule has 3 rings (SSSR count). The van der Waals surface area contributed by atoms with Crippen LogP contribution in [0.15, 0.2) is 29.1 Å². The Balaban J connectivity index is 0.000000509. The molecule has 0 radical (unpaired) electrons. The molecule has 1 aliphatic heterocycles. The number of carboxylic acids is 1. The molecular formula is C21H24F4N4O5. The number of aromatic hydroxyl groups is 1. The van der Waals surface area contributed by atoms with Gasteiger partial charge in [-0.25, -0.2) is 14.2 Å². The van der Waals surface area contributed by atoms with Crippen LogP contribution in [0.4, 0.5) is 17.6 Å². The third-order valence-electron chi connectivity index (χ3n) is 5.18. The Kier molecular flexibility index (Phi) is 8.37. The molecule has 1 fully saturated rings. The maximum Gasteiger partial charge on any atom is 0.490 e. The fraction of sp³-hybridized carbons (Fsp3) is 0.429. The monoisotopic (exact) mass is 488 g/mol. The number of benzene rings is 1. The molecule has 1 aromatic carbocycles. The summed E-state index contributed by atoms with van der Waals surface area (Å²) in [6, 6.07) is 5.59. The van der Waals surface area contributed by atoms with Crippen LogP contribution in [0.2, 0.25) is 0 Å². The summed E-state index contributed by atoms with van der Waals surface area (Å²) in [5.74, 6) is -3.54. The van der Waals surface area contributed by atoms with Gasteiger partial charge >= 0.3 is 12.1 Å². The molecule has 0 bridgehead atoms. The number of rotatable bonds is 4. The number of carboxylic acid groups (broad SMARTS) is 1. The Labute approximate surface area is 191 Å². The molecule has 0 saturated carbocycles. The van der Waals surface area contributed by atoms with Crippen LogP contribution >= 0.6 is 0 Å². The smallest absolute Gasteiger partial charge is 0.490 e. The fourth-order valence-corrected chi connectivity index (χ4v) is 3.49. The van der Waals surface area contributed by atoms with Crippen LogP contribution in [0, 0.1) is 11.7 Å². The van der Waals surface area contributed by atoms with Crippen molar-refractivity contribution in [3.63, 3.8) is 0 Å². The van der Waals surface area contributed by atoms with E-state index in [1.807, 2.05) is 7.05 Å². The number of carbonyl (C=O) groups is 2. The van der Waals surface area contributed by atoms with Gasteiger partial charge in [0.05, 0.1) is 6.04 Å². The molecule has 2 aromatic rings. The zero-order chi connectivity index (χ0) is 25.8. The van der Waals surface area contributed by atoms with E-state index < -0.39 is 29.4 Å². The number of nitrogens with one attached hydrogen (secondary N) is 1. The molecule has 3 N–H and O–H groups in total. The summed E-state index contributed by atoms with van der Waals surface area (Å²) in [4.78, 5) is 40.2. The summed E-state index contributed by atoms with van der Waals surface area (Å²) in [5, 5.41) is 19.9. The first-order valence-electron chi connectivity index (χ1n) is 10.0. The molecule has 9 nitrogen and oxygen atoms in total.